The first-order chi connectivity index (χ1) is 8.03. The zero-order chi connectivity index (χ0) is 12.0. The number of hydrogen-bond donors (Lipinski definition) is 2. The molecule has 0 aromatic heterocycles. The van der Waals surface area contributed by atoms with E-state index in [0.717, 1.165) is 12.5 Å². The Morgan fingerprint density at radius 1 is 1.24 bits per heavy atom. The Balaban J connectivity index is 1.54. The largest absolute Gasteiger partial charge is 0.390 e. The third-order valence-electron chi connectivity index (χ3n) is 4.38. The molecule has 1 saturated carbocycles. The number of aliphatic hydroxyl groups excluding tert-OH is 1. The normalized spacial score (nSPS) is 46.8. The van der Waals surface area contributed by atoms with Gasteiger partial charge in [0.2, 0.25) is 0 Å². The van der Waals surface area contributed by atoms with Crippen LogP contribution in [0.15, 0.2) is 12.2 Å². The summed E-state index contributed by atoms with van der Waals surface area (Å²) in [5, 5.41) is 12.9. The van der Waals surface area contributed by atoms with E-state index in [0.29, 0.717) is 11.8 Å². The minimum atomic E-state index is -3.03. The standard InChI is InChI=1S/C12H19NO3S/c14-12-7-17(15,16)6-11(12)13-5-10-4-8-1-2-9(10)3-8/h1-2,8-14H,3-7H2. The highest BCUT2D eigenvalue weighted by atomic mass is 32.2. The van der Waals surface area contributed by atoms with Gasteiger partial charge in [0.15, 0.2) is 9.84 Å². The molecule has 5 atom stereocenters. The van der Waals surface area contributed by atoms with Crippen LogP contribution < -0.4 is 5.32 Å². The van der Waals surface area contributed by atoms with Crippen LogP contribution in [-0.2, 0) is 9.84 Å². The van der Waals surface area contributed by atoms with Crippen LogP contribution in [0, 0.1) is 17.8 Å². The molecule has 4 nitrogen and oxygen atoms in total. The molecule has 1 saturated heterocycles. The number of allylic oxidation sites excluding steroid dienone is 2. The van der Waals surface area contributed by atoms with Crippen LogP contribution in [0.5, 0.6) is 0 Å². The summed E-state index contributed by atoms with van der Waals surface area (Å²) in [7, 11) is -3.03. The Labute approximate surface area is 102 Å². The van der Waals surface area contributed by atoms with Gasteiger partial charge in [-0.3, -0.25) is 0 Å². The zero-order valence-corrected chi connectivity index (χ0v) is 10.6. The lowest BCUT2D eigenvalue weighted by Gasteiger charge is -2.22. The van der Waals surface area contributed by atoms with Crippen molar-refractivity contribution >= 4 is 9.84 Å². The second-order valence-electron chi connectivity index (χ2n) is 5.70. The third kappa shape index (κ3) is 2.28. The predicted molar refractivity (Wildman–Crippen MR) is 65.3 cm³/mol. The van der Waals surface area contributed by atoms with Crippen molar-refractivity contribution in [1.82, 2.24) is 5.32 Å². The Morgan fingerprint density at radius 3 is 2.59 bits per heavy atom. The number of rotatable bonds is 3. The smallest absolute Gasteiger partial charge is 0.154 e. The fourth-order valence-electron chi connectivity index (χ4n) is 3.46. The average molecular weight is 257 g/mol. The molecule has 96 valence electrons. The minimum Gasteiger partial charge on any atom is -0.390 e. The van der Waals surface area contributed by atoms with Crippen LogP contribution in [0.2, 0.25) is 0 Å². The number of aliphatic hydroxyl groups is 1. The van der Waals surface area contributed by atoms with E-state index in [9.17, 15) is 13.5 Å². The molecule has 3 aliphatic rings. The minimum absolute atomic E-state index is 0.0821. The molecular weight excluding hydrogens is 238 g/mol. The van der Waals surface area contributed by atoms with Crippen LogP contribution in [0.3, 0.4) is 0 Å². The molecule has 2 bridgehead atoms. The molecule has 0 aromatic rings. The van der Waals surface area contributed by atoms with E-state index in [-0.39, 0.29) is 17.5 Å². The second kappa shape index (κ2) is 4.07. The van der Waals surface area contributed by atoms with Crippen molar-refractivity contribution in [3.8, 4) is 0 Å². The summed E-state index contributed by atoms with van der Waals surface area (Å²) < 4.78 is 22.7. The highest BCUT2D eigenvalue weighted by molar-refractivity contribution is 7.91. The molecule has 0 amide bonds. The highest BCUT2D eigenvalue weighted by Gasteiger charge is 2.39. The van der Waals surface area contributed by atoms with Gasteiger partial charge in [-0.25, -0.2) is 8.42 Å². The van der Waals surface area contributed by atoms with Gasteiger partial charge in [0, 0.05) is 6.04 Å². The van der Waals surface area contributed by atoms with E-state index >= 15 is 0 Å². The van der Waals surface area contributed by atoms with Crippen molar-refractivity contribution in [3.63, 3.8) is 0 Å². The van der Waals surface area contributed by atoms with Gasteiger partial charge in [-0.05, 0) is 37.1 Å². The molecule has 2 N–H and O–H groups in total. The monoisotopic (exact) mass is 257 g/mol. The second-order valence-corrected chi connectivity index (χ2v) is 7.85. The summed E-state index contributed by atoms with van der Waals surface area (Å²) >= 11 is 0. The Bertz CT molecular complexity index is 431. The zero-order valence-electron chi connectivity index (χ0n) is 9.75. The summed E-state index contributed by atoms with van der Waals surface area (Å²) in [6.07, 6.45) is 6.34. The molecule has 1 heterocycles. The lowest BCUT2D eigenvalue weighted by Crippen LogP contribution is -2.41. The summed E-state index contributed by atoms with van der Waals surface area (Å²) in [6, 6.07) is -0.261. The Kier molecular flexibility index (Phi) is 2.80. The maximum atomic E-state index is 11.4. The van der Waals surface area contributed by atoms with Gasteiger partial charge in [0.05, 0.1) is 17.6 Å². The van der Waals surface area contributed by atoms with E-state index in [1.807, 2.05) is 0 Å². The molecule has 3 rings (SSSR count). The lowest BCUT2D eigenvalue weighted by atomic mass is 9.93. The first kappa shape index (κ1) is 11.7. The van der Waals surface area contributed by atoms with Crippen LogP contribution in [-0.4, -0.2) is 43.7 Å². The summed E-state index contributed by atoms with van der Waals surface area (Å²) in [5.74, 6) is 2.04. The topological polar surface area (TPSA) is 66.4 Å². The van der Waals surface area contributed by atoms with Crippen LogP contribution in [0.4, 0.5) is 0 Å². The van der Waals surface area contributed by atoms with Gasteiger partial charge in [0.25, 0.3) is 0 Å². The molecule has 0 radical (unpaired) electrons. The lowest BCUT2D eigenvalue weighted by molar-refractivity contribution is 0.162. The molecule has 5 unspecified atom stereocenters. The van der Waals surface area contributed by atoms with Crippen molar-refractivity contribution in [3.05, 3.63) is 12.2 Å². The van der Waals surface area contributed by atoms with Gasteiger partial charge < -0.3 is 10.4 Å². The fourth-order valence-corrected chi connectivity index (χ4v) is 5.23. The van der Waals surface area contributed by atoms with Gasteiger partial charge in [-0.1, -0.05) is 12.2 Å². The maximum Gasteiger partial charge on any atom is 0.154 e. The average Bonchev–Trinajstić information content (AvgIpc) is 2.89. The van der Waals surface area contributed by atoms with Gasteiger partial charge in [-0.15, -0.1) is 0 Å². The predicted octanol–water partition coefficient (Wildman–Crippen LogP) is -0.0539. The molecule has 1 aliphatic heterocycles. The van der Waals surface area contributed by atoms with Gasteiger partial charge >= 0.3 is 0 Å². The van der Waals surface area contributed by atoms with E-state index in [1.165, 1.54) is 12.8 Å². The number of nitrogens with one attached hydrogen (secondary N) is 1. The van der Waals surface area contributed by atoms with Crippen molar-refractivity contribution < 1.29 is 13.5 Å². The summed E-state index contributed by atoms with van der Waals surface area (Å²) in [6.45, 7) is 0.836. The van der Waals surface area contributed by atoms with Crippen LogP contribution >= 0.6 is 0 Å². The summed E-state index contributed by atoms with van der Waals surface area (Å²) in [5.41, 5.74) is 0. The number of hydrogen-bond acceptors (Lipinski definition) is 4. The van der Waals surface area contributed by atoms with Crippen molar-refractivity contribution in [2.24, 2.45) is 17.8 Å². The van der Waals surface area contributed by atoms with E-state index in [4.69, 9.17) is 0 Å². The van der Waals surface area contributed by atoms with Crippen molar-refractivity contribution in [1.29, 1.82) is 0 Å². The maximum absolute atomic E-state index is 11.4. The fraction of sp³-hybridized carbons (Fsp3) is 0.833. The van der Waals surface area contributed by atoms with Gasteiger partial charge in [0.1, 0.15) is 0 Å². The molecule has 5 heteroatoms. The highest BCUT2D eigenvalue weighted by Crippen LogP contribution is 2.43. The van der Waals surface area contributed by atoms with Gasteiger partial charge in [-0.2, -0.15) is 0 Å². The molecule has 0 spiro atoms. The molecule has 0 aromatic carbocycles. The van der Waals surface area contributed by atoms with E-state index < -0.39 is 15.9 Å². The quantitative estimate of drug-likeness (QED) is 0.696. The SMILES string of the molecule is O=S1(=O)CC(O)C(NCC2CC3C=CC2C3)C1. The Morgan fingerprint density at radius 2 is 2.06 bits per heavy atom. The molecule has 17 heavy (non-hydrogen) atoms. The van der Waals surface area contributed by atoms with Crippen LogP contribution in [0.1, 0.15) is 12.8 Å². The number of fused-ring (bicyclic) bond motifs is 2. The first-order valence-electron chi connectivity index (χ1n) is 6.34. The Hall–Kier alpha value is -0.390. The molecule has 2 fully saturated rings. The van der Waals surface area contributed by atoms with Crippen molar-refractivity contribution in [2.45, 2.75) is 25.0 Å². The van der Waals surface area contributed by atoms with E-state index in [2.05, 4.69) is 17.5 Å². The molecule has 2 aliphatic carbocycles. The summed E-state index contributed by atoms with van der Waals surface area (Å²) in [4.78, 5) is 0. The van der Waals surface area contributed by atoms with E-state index in [1.54, 1.807) is 0 Å². The first-order valence-corrected chi connectivity index (χ1v) is 8.16. The molecular formula is C12H19NO3S. The third-order valence-corrected chi connectivity index (χ3v) is 6.10. The van der Waals surface area contributed by atoms with Crippen molar-refractivity contribution in [2.75, 3.05) is 18.1 Å². The van der Waals surface area contributed by atoms with Crippen LogP contribution in [0.25, 0.3) is 0 Å². The number of sulfone groups is 1.